The molecular formula is C60H113N2O7P. The van der Waals surface area contributed by atoms with Gasteiger partial charge in [0.1, 0.15) is 19.3 Å². The van der Waals surface area contributed by atoms with Crippen LogP contribution in [0.15, 0.2) is 48.6 Å². The maximum absolute atomic E-state index is 13.5. The van der Waals surface area contributed by atoms with Crippen LogP contribution in [0.2, 0.25) is 0 Å². The minimum Gasteiger partial charge on any atom is -0.756 e. The highest BCUT2D eigenvalue weighted by atomic mass is 31.2. The average molecular weight is 1010 g/mol. The number of ether oxygens (including phenoxy) is 1. The van der Waals surface area contributed by atoms with Crippen LogP contribution in [0.4, 0.5) is 0 Å². The van der Waals surface area contributed by atoms with Gasteiger partial charge >= 0.3 is 5.97 Å². The number of phosphoric ester groups is 1. The Balaban J connectivity index is 5.33. The molecule has 9 nitrogen and oxygen atoms in total. The number of likely N-dealkylation sites (N-methyl/N-ethyl adjacent to an activating group) is 1. The molecule has 0 aliphatic heterocycles. The molecule has 0 rings (SSSR count). The number of nitrogens with zero attached hydrogens (tertiary/aromatic N) is 1. The molecular weight excluding hydrogens is 892 g/mol. The van der Waals surface area contributed by atoms with Crippen molar-refractivity contribution in [2.75, 3.05) is 40.9 Å². The van der Waals surface area contributed by atoms with Crippen molar-refractivity contribution >= 4 is 19.7 Å². The number of quaternary nitrogens is 1. The summed E-state index contributed by atoms with van der Waals surface area (Å²) in [6.07, 6.45) is 60.9. The third-order valence-corrected chi connectivity index (χ3v) is 14.0. The van der Waals surface area contributed by atoms with E-state index in [-0.39, 0.29) is 18.9 Å². The Hall–Kier alpha value is -2.03. The third-order valence-electron chi connectivity index (χ3n) is 13.0. The maximum Gasteiger partial charge on any atom is 0.306 e. The quantitative estimate of drug-likeness (QED) is 0.0212. The van der Waals surface area contributed by atoms with Crippen LogP contribution in [0.25, 0.3) is 0 Å². The molecule has 0 radical (unpaired) electrons. The number of hydrogen-bond donors (Lipinski definition) is 1. The molecule has 1 N–H and O–H groups in total. The number of hydrogen-bond acceptors (Lipinski definition) is 7. The van der Waals surface area contributed by atoms with E-state index in [1.165, 1.54) is 173 Å². The van der Waals surface area contributed by atoms with Gasteiger partial charge in [-0.05, 0) is 76.7 Å². The van der Waals surface area contributed by atoms with Gasteiger partial charge in [-0.2, -0.15) is 0 Å². The number of esters is 1. The number of nitrogens with one attached hydrogen (secondary N) is 1. The maximum atomic E-state index is 13.5. The van der Waals surface area contributed by atoms with E-state index in [9.17, 15) is 19.0 Å². The summed E-state index contributed by atoms with van der Waals surface area (Å²) in [6, 6.07) is -0.909. The van der Waals surface area contributed by atoms with E-state index < -0.39 is 32.5 Å². The highest BCUT2D eigenvalue weighted by Gasteiger charge is 2.27. The Morgan fingerprint density at radius 2 is 0.886 bits per heavy atom. The van der Waals surface area contributed by atoms with E-state index >= 15 is 0 Å². The van der Waals surface area contributed by atoms with Crippen LogP contribution in [0.5, 0.6) is 0 Å². The van der Waals surface area contributed by atoms with Gasteiger partial charge in [-0.15, -0.1) is 0 Å². The number of amides is 1. The summed E-state index contributed by atoms with van der Waals surface area (Å²) in [7, 11) is 1.16. The zero-order valence-corrected chi connectivity index (χ0v) is 47.6. The van der Waals surface area contributed by atoms with Gasteiger partial charge < -0.3 is 28.5 Å². The smallest absolute Gasteiger partial charge is 0.306 e. The van der Waals surface area contributed by atoms with Gasteiger partial charge in [0.15, 0.2) is 0 Å². The molecule has 0 heterocycles. The van der Waals surface area contributed by atoms with Crippen LogP contribution in [0, 0.1) is 0 Å². The van der Waals surface area contributed by atoms with E-state index in [1.807, 2.05) is 39.4 Å². The molecule has 0 saturated heterocycles. The molecule has 0 aromatic rings. The molecule has 10 heteroatoms. The highest BCUT2D eigenvalue weighted by Crippen LogP contribution is 2.38. The second-order valence-corrected chi connectivity index (χ2v) is 22.6. The Morgan fingerprint density at radius 1 is 0.500 bits per heavy atom. The van der Waals surface area contributed by atoms with E-state index in [4.69, 9.17) is 13.8 Å². The summed E-state index contributed by atoms with van der Waals surface area (Å²) in [5.41, 5.74) is 0. The SMILES string of the molecule is CCCCCCCC/C=C\C/C=C/CCC(=O)OC(/C=C\CCCCCCCCCCCC)C(COP(=O)([O-])OCC[N+](C)(C)C)NC(=O)CCCCCCCCCCC/C=C/CCCCCCCC. The number of unbranched alkanes of at least 4 members (excludes halogenated alkanes) is 31. The normalized spacial score (nSPS) is 14.1. The molecule has 1 amide bonds. The van der Waals surface area contributed by atoms with Crippen LogP contribution in [-0.2, 0) is 27.9 Å². The van der Waals surface area contributed by atoms with Gasteiger partial charge in [0.25, 0.3) is 7.82 Å². The summed E-state index contributed by atoms with van der Waals surface area (Å²) in [5, 5.41) is 3.01. The molecule has 3 unspecified atom stereocenters. The van der Waals surface area contributed by atoms with Gasteiger partial charge in [0, 0.05) is 12.8 Å². The standard InChI is InChI=1S/C60H113N2O7P/c1-7-10-13-16-19-22-25-28-29-30-31-32-33-35-37-40-43-46-49-52-59(63)61-57(56-68-70(65,66)67-55-54-62(4,5)6)58(51-48-45-42-39-36-27-24-21-18-15-12-9-3)69-60(64)53-50-47-44-41-38-34-26-23-20-17-14-11-8-2/h28-29,34,38,44,47-48,51,57-58H,7-27,30-33,35-37,39-43,45-46,49-50,52-56H2,1-6H3,(H-,61,63,65,66)/b29-28+,38-34-,47-44+,51-48-. The lowest BCUT2D eigenvalue weighted by molar-refractivity contribution is -0.870. The largest absolute Gasteiger partial charge is 0.756 e. The van der Waals surface area contributed by atoms with Crippen molar-refractivity contribution in [2.45, 2.75) is 283 Å². The molecule has 0 aromatic carbocycles. The molecule has 70 heavy (non-hydrogen) atoms. The number of carbonyl (C=O) groups excluding carboxylic acids is 2. The van der Waals surface area contributed by atoms with E-state index in [2.05, 4.69) is 56.5 Å². The van der Waals surface area contributed by atoms with Crippen molar-refractivity contribution < 1.29 is 37.3 Å². The average Bonchev–Trinajstić information content (AvgIpc) is 3.32. The van der Waals surface area contributed by atoms with Crippen molar-refractivity contribution in [1.29, 1.82) is 0 Å². The lowest BCUT2D eigenvalue weighted by atomic mass is 10.0. The number of phosphoric acid groups is 1. The van der Waals surface area contributed by atoms with Gasteiger partial charge in [-0.1, -0.05) is 230 Å². The predicted octanol–water partition coefficient (Wildman–Crippen LogP) is 17.1. The van der Waals surface area contributed by atoms with Crippen molar-refractivity contribution in [3.8, 4) is 0 Å². The minimum atomic E-state index is -4.70. The van der Waals surface area contributed by atoms with Crippen LogP contribution < -0.4 is 10.2 Å². The molecule has 410 valence electrons. The summed E-state index contributed by atoms with van der Waals surface area (Å²) in [6.45, 7) is 6.80. The zero-order valence-electron chi connectivity index (χ0n) is 46.7. The van der Waals surface area contributed by atoms with Crippen LogP contribution >= 0.6 is 7.82 Å². The third kappa shape index (κ3) is 50.9. The van der Waals surface area contributed by atoms with Crippen molar-refractivity contribution in [2.24, 2.45) is 0 Å². The molecule has 0 aliphatic carbocycles. The Bertz CT molecular complexity index is 1340. The number of carbonyl (C=O) groups is 2. The van der Waals surface area contributed by atoms with Crippen LogP contribution in [-0.4, -0.2) is 69.4 Å². The van der Waals surface area contributed by atoms with Gasteiger partial charge in [-0.25, -0.2) is 0 Å². The van der Waals surface area contributed by atoms with Crippen molar-refractivity contribution in [3.63, 3.8) is 0 Å². The Kier molecular flexibility index (Phi) is 49.0. The van der Waals surface area contributed by atoms with Crippen molar-refractivity contribution in [1.82, 2.24) is 5.32 Å². The Morgan fingerprint density at radius 3 is 1.33 bits per heavy atom. The lowest BCUT2D eigenvalue weighted by Gasteiger charge is -2.30. The minimum absolute atomic E-state index is 0.0299. The number of rotatable bonds is 53. The van der Waals surface area contributed by atoms with Gasteiger partial charge in [0.05, 0.1) is 33.8 Å². The van der Waals surface area contributed by atoms with E-state index in [0.717, 1.165) is 57.8 Å². The first-order chi connectivity index (χ1) is 33.9. The van der Waals surface area contributed by atoms with Crippen molar-refractivity contribution in [3.05, 3.63) is 48.6 Å². The van der Waals surface area contributed by atoms with Crippen LogP contribution in [0.1, 0.15) is 271 Å². The van der Waals surface area contributed by atoms with E-state index in [1.54, 1.807) is 0 Å². The zero-order chi connectivity index (χ0) is 51.5. The predicted molar refractivity (Wildman–Crippen MR) is 298 cm³/mol. The summed E-state index contributed by atoms with van der Waals surface area (Å²) in [5.74, 6) is -0.617. The second-order valence-electron chi connectivity index (χ2n) is 21.1. The number of allylic oxidation sites excluding steroid dienone is 7. The summed E-state index contributed by atoms with van der Waals surface area (Å²) in [4.78, 5) is 39.8. The Labute approximate surface area is 433 Å². The van der Waals surface area contributed by atoms with Gasteiger partial charge in [0.2, 0.25) is 5.91 Å². The molecule has 0 saturated carbocycles. The fraction of sp³-hybridized carbons (Fsp3) is 0.833. The highest BCUT2D eigenvalue weighted by molar-refractivity contribution is 7.45. The molecule has 3 atom stereocenters. The van der Waals surface area contributed by atoms with Gasteiger partial charge in [-0.3, -0.25) is 14.2 Å². The first kappa shape index (κ1) is 68.0. The topological polar surface area (TPSA) is 114 Å². The molecule has 0 aromatic heterocycles. The first-order valence-electron chi connectivity index (χ1n) is 29.4. The van der Waals surface area contributed by atoms with Crippen LogP contribution in [0.3, 0.4) is 0 Å². The molecule has 0 fully saturated rings. The fourth-order valence-corrected chi connectivity index (χ4v) is 9.12. The summed E-state index contributed by atoms with van der Waals surface area (Å²) < 4.78 is 30.2. The lowest BCUT2D eigenvalue weighted by Crippen LogP contribution is -2.47. The summed E-state index contributed by atoms with van der Waals surface area (Å²) >= 11 is 0. The fourth-order valence-electron chi connectivity index (χ4n) is 8.39. The molecule has 0 spiro atoms. The second kappa shape index (κ2) is 50.5. The monoisotopic (exact) mass is 1000 g/mol. The molecule has 0 aliphatic rings. The molecule has 0 bridgehead atoms. The first-order valence-corrected chi connectivity index (χ1v) is 30.9. The van der Waals surface area contributed by atoms with E-state index in [0.29, 0.717) is 23.9 Å².